The van der Waals surface area contributed by atoms with E-state index in [2.05, 4.69) is 165 Å². The molecule has 8 aromatic carbocycles. The predicted octanol–water partition coefficient (Wildman–Crippen LogP) is 12.4. The van der Waals surface area contributed by atoms with E-state index in [1.165, 1.54) is 10.8 Å². The Labute approximate surface area is 316 Å². The van der Waals surface area contributed by atoms with Gasteiger partial charge >= 0.3 is 0 Å². The summed E-state index contributed by atoms with van der Waals surface area (Å²) in [5, 5.41) is 27.8. The summed E-state index contributed by atoms with van der Waals surface area (Å²) in [6, 6.07) is 65.8. The molecule has 254 valence electrons. The van der Waals surface area contributed by atoms with Crippen LogP contribution in [0.5, 0.6) is 0 Å². The van der Waals surface area contributed by atoms with Gasteiger partial charge in [-0.25, -0.2) is 0 Å². The number of nitrogens with zero attached hydrogens (tertiary/aromatic N) is 5. The summed E-state index contributed by atoms with van der Waals surface area (Å²) < 4.78 is 6.85. The summed E-state index contributed by atoms with van der Waals surface area (Å²) in [4.78, 5) is 0. The molecule has 0 bridgehead atoms. The van der Waals surface area contributed by atoms with Crippen molar-refractivity contribution in [2.45, 2.75) is 0 Å². The minimum Gasteiger partial charge on any atom is -0.309 e. The number of aromatic nitrogens is 3. The molecule has 11 aromatic rings. The van der Waals surface area contributed by atoms with E-state index in [4.69, 9.17) is 0 Å². The Morgan fingerprint density at radius 1 is 0.382 bits per heavy atom. The maximum Gasteiger partial charge on any atom is 0.101 e. The molecule has 5 nitrogen and oxygen atoms in total. The van der Waals surface area contributed by atoms with Crippen LogP contribution in [-0.2, 0) is 0 Å². The summed E-state index contributed by atoms with van der Waals surface area (Å²) in [6.45, 7) is 0. The highest BCUT2D eigenvalue weighted by Crippen LogP contribution is 2.43. The molecule has 0 amide bonds. The van der Waals surface area contributed by atoms with Gasteiger partial charge in [0.1, 0.15) is 12.1 Å². The first kappa shape index (κ1) is 30.7. The fourth-order valence-corrected chi connectivity index (χ4v) is 8.91. The molecule has 0 aliphatic heterocycles. The Hall–Kier alpha value is -7.86. The zero-order valence-corrected chi connectivity index (χ0v) is 29.5. The summed E-state index contributed by atoms with van der Waals surface area (Å²) in [6.07, 6.45) is 0. The molecule has 5 heteroatoms. The van der Waals surface area contributed by atoms with Gasteiger partial charge in [-0.2, -0.15) is 10.5 Å². The molecule has 0 fully saturated rings. The predicted molar refractivity (Wildman–Crippen MR) is 224 cm³/mol. The van der Waals surface area contributed by atoms with Crippen LogP contribution in [-0.4, -0.2) is 13.7 Å². The first-order chi connectivity index (χ1) is 27.2. The van der Waals surface area contributed by atoms with Gasteiger partial charge in [-0.3, -0.25) is 0 Å². The highest BCUT2D eigenvalue weighted by atomic mass is 15.0. The van der Waals surface area contributed by atoms with Crippen molar-refractivity contribution < 1.29 is 0 Å². The van der Waals surface area contributed by atoms with Crippen LogP contribution in [0.3, 0.4) is 0 Å². The largest absolute Gasteiger partial charge is 0.309 e. The van der Waals surface area contributed by atoms with E-state index >= 15 is 0 Å². The molecular weight excluding hydrogens is 671 g/mol. The maximum absolute atomic E-state index is 10.8. The number of fused-ring (bicyclic) bond motifs is 9. The Kier molecular flexibility index (Phi) is 6.61. The highest BCUT2D eigenvalue weighted by Gasteiger charge is 2.23. The van der Waals surface area contributed by atoms with Gasteiger partial charge in [0.25, 0.3) is 0 Å². The third kappa shape index (κ3) is 4.33. The van der Waals surface area contributed by atoms with E-state index < -0.39 is 0 Å². The number of hydrogen-bond acceptors (Lipinski definition) is 2. The van der Waals surface area contributed by atoms with Crippen molar-refractivity contribution in [1.29, 1.82) is 10.5 Å². The second-order valence-corrected chi connectivity index (χ2v) is 13.9. The van der Waals surface area contributed by atoms with Gasteiger partial charge in [-0.15, -0.1) is 0 Å². The molecule has 0 saturated heterocycles. The molecule has 0 aliphatic rings. The van der Waals surface area contributed by atoms with Gasteiger partial charge in [0.2, 0.25) is 0 Å². The van der Waals surface area contributed by atoms with Gasteiger partial charge in [0, 0.05) is 43.6 Å². The molecule has 0 spiro atoms. The zero-order valence-electron chi connectivity index (χ0n) is 29.5. The van der Waals surface area contributed by atoms with Gasteiger partial charge in [0.05, 0.1) is 55.6 Å². The summed E-state index contributed by atoms with van der Waals surface area (Å²) >= 11 is 0. The van der Waals surface area contributed by atoms with E-state index in [9.17, 15) is 10.5 Å². The molecular formula is C50H29N5. The minimum absolute atomic E-state index is 0.580. The first-order valence-electron chi connectivity index (χ1n) is 18.3. The van der Waals surface area contributed by atoms with Crippen molar-refractivity contribution in [2.24, 2.45) is 0 Å². The number of rotatable bonds is 4. The topological polar surface area (TPSA) is 62.4 Å². The van der Waals surface area contributed by atoms with Crippen LogP contribution >= 0.6 is 0 Å². The van der Waals surface area contributed by atoms with Crippen LogP contribution in [0, 0.1) is 22.7 Å². The molecule has 0 N–H and O–H groups in total. The van der Waals surface area contributed by atoms with Crippen LogP contribution in [0.25, 0.3) is 93.6 Å². The van der Waals surface area contributed by atoms with Crippen molar-refractivity contribution in [3.63, 3.8) is 0 Å². The van der Waals surface area contributed by atoms with E-state index in [0.29, 0.717) is 11.1 Å². The van der Waals surface area contributed by atoms with Crippen LogP contribution in [0.4, 0.5) is 0 Å². The van der Waals surface area contributed by atoms with Crippen LogP contribution in [0.1, 0.15) is 11.1 Å². The lowest BCUT2D eigenvalue weighted by molar-refractivity contribution is 1.16. The molecule has 0 atom stereocenters. The second-order valence-electron chi connectivity index (χ2n) is 13.9. The Bertz CT molecular complexity index is 3420. The van der Waals surface area contributed by atoms with Crippen molar-refractivity contribution in [1.82, 2.24) is 13.7 Å². The SMILES string of the molecule is N#Cc1cccc(-c2cccc(-n3c4ccccc4c4cccc(C#N)c43)c2)c1-n1c2ccccc2c2c(-n3c4ccccc4c4ccccc43)cccc21. The average Bonchev–Trinajstić information content (AvgIpc) is 3.89. The smallest absolute Gasteiger partial charge is 0.101 e. The second kappa shape index (κ2) is 11.8. The fraction of sp³-hybridized carbons (Fsp3) is 0. The van der Waals surface area contributed by atoms with Crippen LogP contribution in [0.2, 0.25) is 0 Å². The first-order valence-corrected chi connectivity index (χ1v) is 18.3. The molecule has 55 heavy (non-hydrogen) atoms. The number of benzene rings is 8. The molecule has 3 aromatic heterocycles. The zero-order chi connectivity index (χ0) is 36.6. The third-order valence-electron chi connectivity index (χ3n) is 11.1. The van der Waals surface area contributed by atoms with Crippen molar-refractivity contribution >= 4 is 65.4 Å². The number of nitriles is 2. The maximum atomic E-state index is 10.8. The van der Waals surface area contributed by atoms with Crippen LogP contribution < -0.4 is 0 Å². The third-order valence-corrected chi connectivity index (χ3v) is 11.1. The molecule has 0 saturated carbocycles. The molecule has 11 rings (SSSR count). The van der Waals surface area contributed by atoms with E-state index in [0.717, 1.165) is 82.8 Å². The van der Waals surface area contributed by atoms with E-state index in [-0.39, 0.29) is 0 Å². The average molecular weight is 700 g/mol. The van der Waals surface area contributed by atoms with E-state index in [1.807, 2.05) is 36.4 Å². The van der Waals surface area contributed by atoms with Gasteiger partial charge in [-0.05, 0) is 66.2 Å². The van der Waals surface area contributed by atoms with Crippen molar-refractivity contribution in [3.05, 3.63) is 187 Å². The van der Waals surface area contributed by atoms with Crippen molar-refractivity contribution in [3.8, 4) is 40.3 Å². The summed E-state index contributed by atoms with van der Waals surface area (Å²) in [5.74, 6) is 0. The standard InChI is InChI=1S/C50H29N5/c51-30-33-14-10-21-36(32-13-9-16-35(29-32)53-42-23-5-3-19-39(42)40-22-11-15-34(31-52)50(40)53)49(33)55-45-26-8-4-20-41(45)48-46(27-12-28-47(48)55)54-43-24-6-1-17-37(43)38-18-2-7-25-44(38)54/h1-29H. The normalized spacial score (nSPS) is 11.6. The lowest BCUT2D eigenvalue weighted by atomic mass is 9.99. The lowest BCUT2D eigenvalue weighted by Crippen LogP contribution is -2.02. The number of hydrogen-bond donors (Lipinski definition) is 0. The quantitative estimate of drug-likeness (QED) is 0.184. The highest BCUT2D eigenvalue weighted by molar-refractivity contribution is 6.17. The summed E-state index contributed by atoms with van der Waals surface area (Å²) in [5.41, 5.74) is 12.2. The van der Waals surface area contributed by atoms with Gasteiger partial charge in [-0.1, -0.05) is 115 Å². The minimum atomic E-state index is 0.580. The molecule has 0 unspecified atom stereocenters. The van der Waals surface area contributed by atoms with Crippen LogP contribution in [0.15, 0.2) is 176 Å². The van der Waals surface area contributed by atoms with E-state index in [1.54, 1.807) is 0 Å². The Morgan fingerprint density at radius 2 is 0.891 bits per heavy atom. The number of para-hydroxylation sites is 6. The lowest BCUT2D eigenvalue weighted by Gasteiger charge is -2.17. The fourth-order valence-electron chi connectivity index (χ4n) is 8.91. The molecule has 3 heterocycles. The monoisotopic (exact) mass is 699 g/mol. The molecule has 0 radical (unpaired) electrons. The van der Waals surface area contributed by atoms with Crippen molar-refractivity contribution in [2.75, 3.05) is 0 Å². The van der Waals surface area contributed by atoms with Gasteiger partial charge < -0.3 is 13.7 Å². The summed E-state index contributed by atoms with van der Waals surface area (Å²) in [7, 11) is 0. The molecule has 0 aliphatic carbocycles. The Morgan fingerprint density at radius 3 is 1.58 bits per heavy atom. The Balaban J connectivity index is 1.20. The van der Waals surface area contributed by atoms with Gasteiger partial charge in [0.15, 0.2) is 0 Å².